The topological polar surface area (TPSA) is 110 Å². The van der Waals surface area contributed by atoms with Crippen LogP contribution in [0.25, 0.3) is 0 Å². The number of amides is 3. The first-order valence-corrected chi connectivity index (χ1v) is 7.91. The summed E-state index contributed by atoms with van der Waals surface area (Å²) in [6.07, 6.45) is 0. The molecular weight excluding hydrogens is 362 g/mol. The van der Waals surface area contributed by atoms with E-state index < -0.39 is 34.9 Å². The highest BCUT2D eigenvalue weighted by atomic mass is 35.5. The fourth-order valence-corrected chi connectivity index (χ4v) is 2.74. The van der Waals surface area contributed by atoms with Gasteiger partial charge in [-0.05, 0) is 23.8 Å². The van der Waals surface area contributed by atoms with Gasteiger partial charge in [-0.3, -0.25) is 29.4 Å². The van der Waals surface area contributed by atoms with Crippen molar-refractivity contribution in [1.82, 2.24) is 10.2 Å². The minimum absolute atomic E-state index is 0.0744. The number of nitro groups is 1. The smallest absolute Gasteiger partial charge is 0.282 e. The quantitative estimate of drug-likeness (QED) is 0.490. The Labute approximate surface area is 152 Å². The number of nitrogens with zero attached hydrogens (tertiary/aromatic N) is 2. The van der Waals surface area contributed by atoms with Crippen LogP contribution in [0, 0.1) is 10.1 Å². The SMILES string of the molecule is O=C(CN1C(=O)c2cccc([N+](=O)[O-])c2C1=O)NCc1ccc(Cl)cc1. The number of nitrogens with one attached hydrogen (secondary N) is 1. The predicted molar refractivity (Wildman–Crippen MR) is 91.8 cm³/mol. The zero-order valence-corrected chi connectivity index (χ0v) is 14.0. The molecule has 0 fully saturated rings. The molecule has 1 aliphatic rings. The molecule has 9 heteroatoms. The molecule has 0 radical (unpaired) electrons. The molecule has 26 heavy (non-hydrogen) atoms. The summed E-state index contributed by atoms with van der Waals surface area (Å²) in [6.45, 7) is -0.323. The molecule has 2 aromatic carbocycles. The highest BCUT2D eigenvalue weighted by Crippen LogP contribution is 2.30. The van der Waals surface area contributed by atoms with Crippen LogP contribution in [0.3, 0.4) is 0 Å². The van der Waals surface area contributed by atoms with Gasteiger partial charge in [0.05, 0.1) is 10.5 Å². The van der Waals surface area contributed by atoms with E-state index in [1.807, 2.05) is 0 Å². The molecule has 1 N–H and O–H groups in total. The van der Waals surface area contributed by atoms with Gasteiger partial charge in [-0.2, -0.15) is 0 Å². The van der Waals surface area contributed by atoms with Crippen LogP contribution in [0.4, 0.5) is 5.69 Å². The van der Waals surface area contributed by atoms with Crippen LogP contribution >= 0.6 is 11.6 Å². The number of carbonyl (C=O) groups excluding carboxylic acids is 3. The molecule has 0 aliphatic carbocycles. The van der Waals surface area contributed by atoms with Crippen molar-refractivity contribution < 1.29 is 19.3 Å². The van der Waals surface area contributed by atoms with Crippen LogP contribution in [-0.2, 0) is 11.3 Å². The van der Waals surface area contributed by atoms with Crippen LogP contribution in [0.2, 0.25) is 5.02 Å². The summed E-state index contributed by atoms with van der Waals surface area (Å²) in [6, 6.07) is 10.6. The van der Waals surface area contributed by atoms with Gasteiger partial charge in [0.25, 0.3) is 17.5 Å². The normalized spacial score (nSPS) is 12.9. The number of halogens is 1. The number of carbonyl (C=O) groups is 3. The molecule has 0 spiro atoms. The molecule has 3 amide bonds. The van der Waals surface area contributed by atoms with Crippen molar-refractivity contribution in [1.29, 1.82) is 0 Å². The van der Waals surface area contributed by atoms with Gasteiger partial charge in [-0.15, -0.1) is 0 Å². The number of fused-ring (bicyclic) bond motifs is 1. The number of hydrogen-bond acceptors (Lipinski definition) is 5. The third-order valence-corrected chi connectivity index (χ3v) is 4.13. The highest BCUT2D eigenvalue weighted by Gasteiger charge is 2.41. The summed E-state index contributed by atoms with van der Waals surface area (Å²) in [5, 5.41) is 14.2. The molecule has 1 heterocycles. The molecule has 8 nitrogen and oxygen atoms in total. The summed E-state index contributed by atoms with van der Waals surface area (Å²) in [5.41, 5.74) is -0.0200. The predicted octanol–water partition coefficient (Wildman–Crippen LogP) is 2.16. The Hall–Kier alpha value is -3.26. The summed E-state index contributed by atoms with van der Waals surface area (Å²) >= 11 is 5.78. The lowest BCUT2D eigenvalue weighted by atomic mass is 10.1. The molecule has 0 saturated carbocycles. The van der Waals surface area contributed by atoms with E-state index >= 15 is 0 Å². The summed E-state index contributed by atoms with van der Waals surface area (Å²) in [4.78, 5) is 47.8. The lowest BCUT2D eigenvalue weighted by Crippen LogP contribution is -2.40. The highest BCUT2D eigenvalue weighted by molar-refractivity contribution is 6.30. The fraction of sp³-hybridized carbons (Fsp3) is 0.118. The molecule has 0 aromatic heterocycles. The lowest BCUT2D eigenvalue weighted by Gasteiger charge is -2.13. The van der Waals surface area contributed by atoms with Gasteiger partial charge >= 0.3 is 0 Å². The van der Waals surface area contributed by atoms with E-state index in [0.717, 1.165) is 11.6 Å². The number of imide groups is 1. The van der Waals surface area contributed by atoms with Gasteiger partial charge in [0.1, 0.15) is 12.1 Å². The Bertz CT molecular complexity index is 926. The average Bonchev–Trinajstić information content (AvgIpc) is 2.86. The van der Waals surface area contributed by atoms with Gasteiger partial charge in [0, 0.05) is 17.6 Å². The van der Waals surface area contributed by atoms with Crippen LogP contribution in [-0.4, -0.2) is 34.1 Å². The van der Waals surface area contributed by atoms with E-state index in [-0.39, 0.29) is 17.7 Å². The summed E-state index contributed by atoms with van der Waals surface area (Å²) in [5.74, 6) is -2.13. The molecule has 1 aliphatic heterocycles. The standard InChI is InChI=1S/C17H12ClN3O5/c18-11-6-4-10(5-7-11)8-19-14(22)9-20-16(23)12-2-1-3-13(21(25)26)15(12)17(20)24/h1-7H,8-9H2,(H,19,22). The van der Waals surface area contributed by atoms with Crippen molar-refractivity contribution in [2.75, 3.05) is 6.54 Å². The second-order valence-corrected chi connectivity index (χ2v) is 5.99. The zero-order chi connectivity index (χ0) is 18.8. The third-order valence-electron chi connectivity index (χ3n) is 3.88. The van der Waals surface area contributed by atoms with E-state index in [1.165, 1.54) is 12.1 Å². The van der Waals surface area contributed by atoms with Gasteiger partial charge in [-0.25, -0.2) is 0 Å². The number of benzene rings is 2. The van der Waals surface area contributed by atoms with Crippen molar-refractivity contribution in [3.8, 4) is 0 Å². The molecule has 0 saturated heterocycles. The second kappa shape index (κ2) is 6.93. The number of hydrogen-bond donors (Lipinski definition) is 1. The van der Waals surface area contributed by atoms with Gasteiger partial charge in [0.2, 0.25) is 5.91 Å². The zero-order valence-electron chi connectivity index (χ0n) is 13.3. The first kappa shape index (κ1) is 17.6. The Morgan fingerprint density at radius 3 is 2.46 bits per heavy atom. The van der Waals surface area contributed by atoms with Gasteiger partial charge < -0.3 is 5.32 Å². The van der Waals surface area contributed by atoms with E-state index in [4.69, 9.17) is 11.6 Å². The van der Waals surface area contributed by atoms with Crippen LogP contribution in [0.5, 0.6) is 0 Å². The van der Waals surface area contributed by atoms with Crippen LogP contribution in [0.1, 0.15) is 26.3 Å². The molecular formula is C17H12ClN3O5. The summed E-state index contributed by atoms with van der Waals surface area (Å²) in [7, 11) is 0. The second-order valence-electron chi connectivity index (χ2n) is 5.56. The number of nitro benzene ring substituents is 1. The van der Waals surface area contributed by atoms with Gasteiger partial charge in [-0.1, -0.05) is 29.8 Å². The maximum atomic E-state index is 12.4. The van der Waals surface area contributed by atoms with Crippen LogP contribution < -0.4 is 5.32 Å². The van der Waals surface area contributed by atoms with E-state index in [1.54, 1.807) is 24.3 Å². The number of rotatable bonds is 5. The summed E-state index contributed by atoms with van der Waals surface area (Å²) < 4.78 is 0. The largest absolute Gasteiger partial charge is 0.350 e. The minimum Gasteiger partial charge on any atom is -0.350 e. The molecule has 2 aromatic rings. The van der Waals surface area contributed by atoms with Crippen molar-refractivity contribution in [3.05, 3.63) is 74.3 Å². The maximum Gasteiger partial charge on any atom is 0.282 e. The first-order valence-electron chi connectivity index (χ1n) is 7.53. The molecule has 3 rings (SSSR count). The van der Waals surface area contributed by atoms with Gasteiger partial charge in [0.15, 0.2) is 0 Å². The lowest BCUT2D eigenvalue weighted by molar-refractivity contribution is -0.385. The molecule has 0 bridgehead atoms. The van der Waals surface area contributed by atoms with Crippen molar-refractivity contribution in [3.63, 3.8) is 0 Å². The molecule has 132 valence electrons. The van der Waals surface area contributed by atoms with E-state index in [0.29, 0.717) is 9.92 Å². The van der Waals surface area contributed by atoms with Crippen LogP contribution in [0.15, 0.2) is 42.5 Å². The van der Waals surface area contributed by atoms with E-state index in [9.17, 15) is 24.5 Å². The molecule has 0 atom stereocenters. The Morgan fingerprint density at radius 2 is 1.81 bits per heavy atom. The van der Waals surface area contributed by atoms with E-state index in [2.05, 4.69) is 5.32 Å². The first-order chi connectivity index (χ1) is 12.4. The monoisotopic (exact) mass is 373 g/mol. The Morgan fingerprint density at radius 1 is 1.12 bits per heavy atom. The van der Waals surface area contributed by atoms with Crippen molar-refractivity contribution in [2.45, 2.75) is 6.54 Å². The maximum absolute atomic E-state index is 12.4. The third kappa shape index (κ3) is 3.27. The average molecular weight is 374 g/mol. The van der Waals surface area contributed by atoms with Crippen molar-refractivity contribution in [2.24, 2.45) is 0 Å². The Kier molecular flexibility index (Phi) is 4.68. The minimum atomic E-state index is -0.848. The molecule has 0 unspecified atom stereocenters. The van der Waals surface area contributed by atoms with Crippen molar-refractivity contribution >= 4 is 35.0 Å². The Balaban J connectivity index is 1.70. The fourth-order valence-electron chi connectivity index (χ4n) is 2.61.